The number of hydrogen-bond donors (Lipinski definition) is 2. The lowest BCUT2D eigenvalue weighted by Crippen LogP contribution is -2.39. The van der Waals surface area contributed by atoms with Crippen molar-refractivity contribution in [2.75, 3.05) is 6.61 Å². The van der Waals surface area contributed by atoms with Gasteiger partial charge in [-0.15, -0.1) is 0 Å². The fraction of sp³-hybridized carbons (Fsp3) is 0.700. The van der Waals surface area contributed by atoms with E-state index in [0.717, 1.165) is 0 Å². The largest absolute Gasteiger partial charge is 0.396 e. The molecule has 0 aliphatic heterocycles. The molecule has 0 saturated heterocycles. The topological polar surface area (TPSA) is 84.2 Å². The third-order valence-electron chi connectivity index (χ3n) is 2.51. The first kappa shape index (κ1) is 14.1. The van der Waals surface area contributed by atoms with Crippen LogP contribution in [-0.2, 0) is 17.1 Å². The zero-order valence-electron chi connectivity index (χ0n) is 10.3. The van der Waals surface area contributed by atoms with Crippen LogP contribution in [0.2, 0.25) is 0 Å². The number of nitrogens with zero attached hydrogens (tertiary/aromatic N) is 2. The van der Waals surface area contributed by atoms with Gasteiger partial charge in [0.25, 0.3) is 10.0 Å². The number of sulfonamides is 1. The molecule has 0 bridgehead atoms. The Morgan fingerprint density at radius 1 is 1.53 bits per heavy atom. The van der Waals surface area contributed by atoms with E-state index in [0.29, 0.717) is 6.42 Å². The Kier molecular flexibility index (Phi) is 4.67. The lowest BCUT2D eigenvalue weighted by molar-refractivity contribution is 0.256. The average molecular weight is 261 g/mol. The highest BCUT2D eigenvalue weighted by Crippen LogP contribution is 2.11. The molecule has 2 N–H and O–H groups in total. The minimum atomic E-state index is -3.60. The molecule has 6 nitrogen and oxygen atoms in total. The standard InChI is InChI=1S/C10H19N3O3S/c1-8(2)9(4-5-14)12-17(15,16)10-6-13(3)7-11-10/h6-9,12,14H,4-5H2,1-3H3. The Labute approximate surface area is 102 Å². The van der Waals surface area contributed by atoms with Gasteiger partial charge >= 0.3 is 0 Å². The van der Waals surface area contributed by atoms with Crippen molar-refractivity contribution in [1.29, 1.82) is 0 Å². The molecule has 0 radical (unpaired) electrons. The summed E-state index contributed by atoms with van der Waals surface area (Å²) in [6.45, 7) is 3.76. The number of nitrogens with one attached hydrogen (secondary N) is 1. The minimum absolute atomic E-state index is 0.00332. The van der Waals surface area contributed by atoms with Crippen LogP contribution in [0.1, 0.15) is 20.3 Å². The number of aryl methyl sites for hydroxylation is 1. The van der Waals surface area contributed by atoms with Crippen LogP contribution < -0.4 is 4.72 Å². The average Bonchev–Trinajstić information content (AvgIpc) is 2.64. The fourth-order valence-electron chi connectivity index (χ4n) is 1.45. The number of aliphatic hydroxyl groups excluding tert-OH is 1. The maximum Gasteiger partial charge on any atom is 0.259 e. The summed E-state index contributed by atoms with van der Waals surface area (Å²) in [6.07, 6.45) is 3.27. The van der Waals surface area contributed by atoms with Gasteiger partial charge in [0.2, 0.25) is 0 Å². The smallest absolute Gasteiger partial charge is 0.259 e. The Bertz CT molecular complexity index is 453. The molecular formula is C10H19N3O3S. The van der Waals surface area contributed by atoms with Crippen molar-refractivity contribution in [3.63, 3.8) is 0 Å². The molecular weight excluding hydrogens is 242 g/mol. The van der Waals surface area contributed by atoms with Gasteiger partial charge in [0, 0.05) is 25.9 Å². The van der Waals surface area contributed by atoms with Crippen molar-refractivity contribution in [3.05, 3.63) is 12.5 Å². The third kappa shape index (κ3) is 3.79. The Hall–Kier alpha value is -0.920. The molecule has 0 aromatic carbocycles. The molecule has 0 fully saturated rings. The number of imidazole rings is 1. The van der Waals surface area contributed by atoms with Gasteiger partial charge in [0.1, 0.15) is 0 Å². The van der Waals surface area contributed by atoms with Gasteiger partial charge in [-0.1, -0.05) is 13.8 Å². The first-order valence-electron chi connectivity index (χ1n) is 5.48. The summed E-state index contributed by atoms with van der Waals surface area (Å²) in [5.74, 6) is 0.112. The summed E-state index contributed by atoms with van der Waals surface area (Å²) >= 11 is 0. The summed E-state index contributed by atoms with van der Waals surface area (Å²) in [4.78, 5) is 3.81. The second-order valence-corrected chi connectivity index (χ2v) is 6.02. The molecule has 0 spiro atoms. The quantitative estimate of drug-likeness (QED) is 0.761. The summed E-state index contributed by atoms with van der Waals surface area (Å²) in [5.41, 5.74) is 0. The SMILES string of the molecule is CC(C)C(CCO)NS(=O)(=O)c1cn(C)cn1. The number of aromatic nitrogens is 2. The second-order valence-electron chi connectivity index (χ2n) is 4.36. The molecule has 1 heterocycles. The monoisotopic (exact) mass is 261 g/mol. The van der Waals surface area contributed by atoms with Crippen LogP contribution in [0.15, 0.2) is 17.6 Å². The van der Waals surface area contributed by atoms with Gasteiger partial charge in [0.15, 0.2) is 5.03 Å². The molecule has 1 atom stereocenters. The van der Waals surface area contributed by atoms with Gasteiger partial charge in [-0.05, 0) is 12.3 Å². The van der Waals surface area contributed by atoms with E-state index in [-0.39, 0.29) is 23.6 Å². The zero-order chi connectivity index (χ0) is 13.1. The summed E-state index contributed by atoms with van der Waals surface area (Å²) in [6, 6.07) is -0.285. The Morgan fingerprint density at radius 2 is 2.18 bits per heavy atom. The Balaban J connectivity index is 2.84. The molecule has 0 saturated carbocycles. The normalized spacial score (nSPS) is 14.2. The van der Waals surface area contributed by atoms with Crippen molar-refractivity contribution >= 4 is 10.0 Å². The third-order valence-corrected chi connectivity index (χ3v) is 3.88. The van der Waals surface area contributed by atoms with Crippen LogP contribution in [0.3, 0.4) is 0 Å². The second kappa shape index (κ2) is 5.61. The van der Waals surface area contributed by atoms with E-state index in [1.807, 2.05) is 13.8 Å². The first-order chi connectivity index (χ1) is 7.86. The van der Waals surface area contributed by atoms with E-state index in [4.69, 9.17) is 5.11 Å². The number of hydrogen-bond acceptors (Lipinski definition) is 4. The van der Waals surface area contributed by atoms with Crippen LogP contribution in [0.5, 0.6) is 0 Å². The molecule has 1 unspecified atom stereocenters. The summed E-state index contributed by atoms with van der Waals surface area (Å²) in [5, 5.41) is 8.91. The van der Waals surface area contributed by atoms with E-state index in [2.05, 4.69) is 9.71 Å². The highest BCUT2D eigenvalue weighted by atomic mass is 32.2. The maximum atomic E-state index is 12.0. The lowest BCUT2D eigenvalue weighted by Gasteiger charge is -2.20. The summed E-state index contributed by atoms with van der Waals surface area (Å²) in [7, 11) is -1.89. The van der Waals surface area contributed by atoms with E-state index in [1.165, 1.54) is 12.5 Å². The van der Waals surface area contributed by atoms with Crippen molar-refractivity contribution in [3.8, 4) is 0 Å². The molecule has 0 amide bonds. The summed E-state index contributed by atoms with van der Waals surface area (Å²) < 4.78 is 28.1. The van der Waals surface area contributed by atoms with Gasteiger partial charge in [-0.2, -0.15) is 0 Å². The predicted molar refractivity (Wildman–Crippen MR) is 63.9 cm³/mol. The zero-order valence-corrected chi connectivity index (χ0v) is 11.1. The Morgan fingerprint density at radius 3 is 2.59 bits per heavy atom. The van der Waals surface area contributed by atoms with Gasteiger partial charge < -0.3 is 9.67 Å². The van der Waals surface area contributed by atoms with Gasteiger partial charge in [0.05, 0.1) is 6.33 Å². The number of aliphatic hydroxyl groups is 1. The highest BCUT2D eigenvalue weighted by Gasteiger charge is 2.23. The van der Waals surface area contributed by atoms with E-state index >= 15 is 0 Å². The van der Waals surface area contributed by atoms with Crippen LogP contribution in [0, 0.1) is 5.92 Å². The predicted octanol–water partition coefficient (Wildman–Crippen LogP) is 0.105. The van der Waals surface area contributed by atoms with E-state index in [9.17, 15) is 8.42 Å². The van der Waals surface area contributed by atoms with Crippen molar-refractivity contribution in [2.45, 2.75) is 31.3 Å². The van der Waals surface area contributed by atoms with Crippen LogP contribution >= 0.6 is 0 Å². The maximum absolute atomic E-state index is 12.0. The number of rotatable bonds is 6. The molecule has 17 heavy (non-hydrogen) atoms. The van der Waals surface area contributed by atoms with Gasteiger partial charge in [-0.25, -0.2) is 18.1 Å². The molecule has 1 rings (SSSR count). The molecule has 0 aliphatic rings. The van der Waals surface area contributed by atoms with Crippen molar-refractivity contribution < 1.29 is 13.5 Å². The molecule has 98 valence electrons. The van der Waals surface area contributed by atoms with Crippen LogP contribution in [-0.4, -0.2) is 35.7 Å². The lowest BCUT2D eigenvalue weighted by atomic mass is 10.0. The van der Waals surface area contributed by atoms with Crippen molar-refractivity contribution in [2.24, 2.45) is 13.0 Å². The molecule has 1 aromatic heterocycles. The first-order valence-corrected chi connectivity index (χ1v) is 6.96. The minimum Gasteiger partial charge on any atom is -0.396 e. The fourth-order valence-corrected chi connectivity index (χ4v) is 2.85. The van der Waals surface area contributed by atoms with Crippen LogP contribution in [0.4, 0.5) is 0 Å². The van der Waals surface area contributed by atoms with Gasteiger partial charge in [-0.3, -0.25) is 0 Å². The van der Waals surface area contributed by atoms with Crippen molar-refractivity contribution in [1.82, 2.24) is 14.3 Å². The van der Waals surface area contributed by atoms with E-state index < -0.39 is 10.0 Å². The highest BCUT2D eigenvalue weighted by molar-refractivity contribution is 7.89. The molecule has 1 aromatic rings. The molecule has 0 aliphatic carbocycles. The van der Waals surface area contributed by atoms with Crippen LogP contribution in [0.25, 0.3) is 0 Å². The van der Waals surface area contributed by atoms with E-state index in [1.54, 1.807) is 11.6 Å². The molecule has 7 heteroatoms.